The highest BCUT2D eigenvalue weighted by atomic mass is 16.5. The Morgan fingerprint density at radius 3 is 2.33 bits per heavy atom. The summed E-state index contributed by atoms with van der Waals surface area (Å²) in [5.41, 5.74) is 1.40. The highest BCUT2D eigenvalue weighted by Crippen LogP contribution is 2.26. The molecule has 7 nitrogen and oxygen atoms in total. The lowest BCUT2D eigenvalue weighted by Gasteiger charge is -2.16. The van der Waals surface area contributed by atoms with Gasteiger partial charge in [0.15, 0.2) is 6.10 Å². The maximum atomic E-state index is 12.5. The number of imide groups is 1. The number of fused-ring (bicyclic) bond motifs is 1. The Kier molecular flexibility index (Phi) is 4.90. The van der Waals surface area contributed by atoms with E-state index in [4.69, 9.17) is 14.7 Å². The van der Waals surface area contributed by atoms with Gasteiger partial charge in [-0.15, -0.1) is 0 Å². The normalized spacial score (nSPS) is 13.7. The summed E-state index contributed by atoms with van der Waals surface area (Å²) in [7, 11) is 1.41. The molecule has 136 valence electrons. The standard InChI is InChI=1S/C20H16N2O5/c1-12(10-21)27-20(25)16-9-13(7-8-17(16)26-2)11-22-18(23)14-5-3-4-6-15(14)19(22)24/h3-9,12H,11H2,1-2H3/t12-/m1/s1. The molecule has 1 aliphatic heterocycles. The summed E-state index contributed by atoms with van der Waals surface area (Å²) in [4.78, 5) is 38.4. The summed E-state index contributed by atoms with van der Waals surface area (Å²) in [5.74, 6) is -1.20. The van der Waals surface area contributed by atoms with Crippen molar-refractivity contribution in [2.45, 2.75) is 19.6 Å². The molecule has 0 bridgehead atoms. The van der Waals surface area contributed by atoms with Crippen molar-refractivity contribution in [3.63, 3.8) is 0 Å². The topological polar surface area (TPSA) is 96.7 Å². The van der Waals surface area contributed by atoms with Crippen LogP contribution in [-0.2, 0) is 11.3 Å². The Bertz CT molecular complexity index is 942. The monoisotopic (exact) mass is 364 g/mol. The average molecular weight is 364 g/mol. The van der Waals surface area contributed by atoms with Gasteiger partial charge >= 0.3 is 5.97 Å². The van der Waals surface area contributed by atoms with Gasteiger partial charge in [0.1, 0.15) is 17.4 Å². The second-order valence-electron chi connectivity index (χ2n) is 5.95. The van der Waals surface area contributed by atoms with Gasteiger partial charge in [-0.05, 0) is 36.8 Å². The Hall–Kier alpha value is -3.66. The zero-order valence-corrected chi connectivity index (χ0v) is 14.8. The predicted octanol–water partition coefficient (Wildman–Crippen LogP) is 2.56. The molecular weight excluding hydrogens is 348 g/mol. The third-order valence-corrected chi connectivity index (χ3v) is 4.17. The number of nitriles is 1. The van der Waals surface area contributed by atoms with Crippen LogP contribution in [0.5, 0.6) is 5.75 Å². The van der Waals surface area contributed by atoms with E-state index in [1.54, 1.807) is 36.4 Å². The molecule has 0 unspecified atom stereocenters. The molecule has 7 heteroatoms. The summed E-state index contributed by atoms with van der Waals surface area (Å²) < 4.78 is 10.2. The van der Waals surface area contributed by atoms with Crippen LogP contribution in [0.15, 0.2) is 42.5 Å². The average Bonchev–Trinajstić information content (AvgIpc) is 2.93. The van der Waals surface area contributed by atoms with Crippen molar-refractivity contribution in [3.05, 3.63) is 64.7 Å². The molecule has 2 aromatic rings. The van der Waals surface area contributed by atoms with Crippen LogP contribution in [0.4, 0.5) is 0 Å². The SMILES string of the molecule is COc1ccc(CN2C(=O)c3ccccc3C2=O)cc1C(=O)O[C@H](C)C#N. The van der Waals surface area contributed by atoms with Crippen molar-refractivity contribution in [3.8, 4) is 11.8 Å². The van der Waals surface area contributed by atoms with Crippen LogP contribution in [0.1, 0.15) is 43.6 Å². The summed E-state index contributed by atoms with van der Waals surface area (Å²) >= 11 is 0. The van der Waals surface area contributed by atoms with Gasteiger partial charge < -0.3 is 9.47 Å². The summed E-state index contributed by atoms with van der Waals surface area (Å²) in [6.07, 6.45) is -0.915. The number of methoxy groups -OCH3 is 1. The largest absolute Gasteiger partial charge is 0.496 e. The molecule has 27 heavy (non-hydrogen) atoms. The van der Waals surface area contributed by atoms with E-state index < -0.39 is 12.1 Å². The maximum Gasteiger partial charge on any atom is 0.343 e. The molecule has 2 aromatic carbocycles. The Labute approximate surface area is 155 Å². The second-order valence-corrected chi connectivity index (χ2v) is 5.95. The lowest BCUT2D eigenvalue weighted by atomic mass is 10.1. The number of nitrogens with zero attached hydrogens (tertiary/aromatic N) is 2. The third-order valence-electron chi connectivity index (χ3n) is 4.17. The molecule has 0 aromatic heterocycles. The number of ether oxygens (including phenoxy) is 2. The second kappa shape index (κ2) is 7.30. The van der Waals surface area contributed by atoms with Crippen molar-refractivity contribution >= 4 is 17.8 Å². The summed E-state index contributed by atoms with van der Waals surface area (Å²) in [6, 6.07) is 13.1. The van der Waals surface area contributed by atoms with Gasteiger partial charge in [0.05, 0.1) is 24.8 Å². The number of benzene rings is 2. The minimum atomic E-state index is -0.915. The van der Waals surface area contributed by atoms with Crippen molar-refractivity contribution in [2.24, 2.45) is 0 Å². The van der Waals surface area contributed by atoms with Crippen LogP contribution in [0.2, 0.25) is 0 Å². The predicted molar refractivity (Wildman–Crippen MR) is 94.1 cm³/mol. The number of rotatable bonds is 5. The van der Waals surface area contributed by atoms with Gasteiger partial charge in [-0.25, -0.2) is 4.79 Å². The zero-order chi connectivity index (χ0) is 19.6. The van der Waals surface area contributed by atoms with E-state index in [0.717, 1.165) is 4.90 Å². The fourth-order valence-electron chi connectivity index (χ4n) is 2.83. The van der Waals surface area contributed by atoms with E-state index in [0.29, 0.717) is 16.7 Å². The first kappa shape index (κ1) is 18.1. The van der Waals surface area contributed by atoms with Crippen LogP contribution in [0.25, 0.3) is 0 Å². The highest BCUT2D eigenvalue weighted by Gasteiger charge is 2.35. The van der Waals surface area contributed by atoms with E-state index in [9.17, 15) is 14.4 Å². The smallest absolute Gasteiger partial charge is 0.343 e. The summed E-state index contributed by atoms with van der Waals surface area (Å²) in [6.45, 7) is 1.46. The number of carbonyl (C=O) groups is 3. The van der Waals surface area contributed by atoms with Crippen molar-refractivity contribution < 1.29 is 23.9 Å². The van der Waals surface area contributed by atoms with E-state index in [1.165, 1.54) is 20.1 Å². The Morgan fingerprint density at radius 2 is 1.78 bits per heavy atom. The Morgan fingerprint density at radius 1 is 1.15 bits per heavy atom. The van der Waals surface area contributed by atoms with E-state index in [1.807, 2.05) is 6.07 Å². The lowest BCUT2D eigenvalue weighted by Crippen LogP contribution is -2.29. The number of hydrogen-bond acceptors (Lipinski definition) is 6. The van der Waals surface area contributed by atoms with Crippen LogP contribution < -0.4 is 4.74 Å². The van der Waals surface area contributed by atoms with Crippen molar-refractivity contribution in [1.82, 2.24) is 4.90 Å². The molecule has 0 saturated heterocycles. The van der Waals surface area contributed by atoms with Crippen molar-refractivity contribution in [2.75, 3.05) is 7.11 Å². The van der Waals surface area contributed by atoms with Crippen LogP contribution in [0, 0.1) is 11.3 Å². The van der Waals surface area contributed by atoms with Crippen LogP contribution in [0.3, 0.4) is 0 Å². The number of carbonyl (C=O) groups excluding carboxylic acids is 3. The highest BCUT2D eigenvalue weighted by molar-refractivity contribution is 6.21. The molecule has 0 N–H and O–H groups in total. The van der Waals surface area contributed by atoms with Gasteiger partial charge in [0.2, 0.25) is 0 Å². The minimum Gasteiger partial charge on any atom is -0.496 e. The van der Waals surface area contributed by atoms with Gasteiger partial charge in [-0.1, -0.05) is 18.2 Å². The van der Waals surface area contributed by atoms with Gasteiger partial charge in [0.25, 0.3) is 11.8 Å². The molecule has 2 amide bonds. The third kappa shape index (κ3) is 3.37. The van der Waals surface area contributed by atoms with E-state index in [2.05, 4.69) is 0 Å². The minimum absolute atomic E-state index is 0.00439. The number of esters is 1. The maximum absolute atomic E-state index is 12.5. The molecule has 0 saturated carbocycles. The fraction of sp³-hybridized carbons (Fsp3) is 0.200. The lowest BCUT2D eigenvalue weighted by molar-refractivity contribution is 0.0431. The fourth-order valence-corrected chi connectivity index (χ4v) is 2.83. The first-order chi connectivity index (χ1) is 13.0. The molecule has 1 heterocycles. The molecular formula is C20H16N2O5. The molecule has 1 aliphatic rings. The van der Waals surface area contributed by atoms with Gasteiger partial charge in [-0.2, -0.15) is 5.26 Å². The Balaban J connectivity index is 1.88. The first-order valence-corrected chi connectivity index (χ1v) is 8.19. The number of hydrogen-bond donors (Lipinski definition) is 0. The van der Waals surface area contributed by atoms with Crippen LogP contribution in [-0.4, -0.2) is 35.9 Å². The number of amides is 2. The van der Waals surface area contributed by atoms with Gasteiger partial charge in [0, 0.05) is 0 Å². The molecule has 0 radical (unpaired) electrons. The quantitative estimate of drug-likeness (QED) is 0.597. The zero-order valence-electron chi connectivity index (χ0n) is 14.8. The molecule has 1 atom stereocenters. The molecule has 3 rings (SSSR count). The molecule has 0 spiro atoms. The molecule has 0 fully saturated rings. The molecule has 0 aliphatic carbocycles. The summed E-state index contributed by atoms with van der Waals surface area (Å²) in [5, 5.41) is 8.81. The van der Waals surface area contributed by atoms with Gasteiger partial charge in [-0.3, -0.25) is 14.5 Å². The van der Waals surface area contributed by atoms with E-state index >= 15 is 0 Å². The first-order valence-electron chi connectivity index (χ1n) is 8.19. The van der Waals surface area contributed by atoms with E-state index in [-0.39, 0.29) is 29.7 Å². The van der Waals surface area contributed by atoms with Crippen LogP contribution >= 0.6 is 0 Å². The van der Waals surface area contributed by atoms with Crippen molar-refractivity contribution in [1.29, 1.82) is 5.26 Å².